The summed E-state index contributed by atoms with van der Waals surface area (Å²) in [6.07, 6.45) is -4.44. The second-order valence-corrected chi connectivity index (χ2v) is 4.27. The number of nitrogens with two attached hydrogens (primary N) is 1. The summed E-state index contributed by atoms with van der Waals surface area (Å²) in [6.45, 7) is 0.426. The minimum Gasteiger partial charge on any atom is -0.461 e. The Morgan fingerprint density at radius 3 is 2.65 bits per heavy atom. The maximum absolute atomic E-state index is 12.7. The highest BCUT2D eigenvalue weighted by Gasteiger charge is 2.31. The van der Waals surface area contributed by atoms with Crippen LogP contribution < -0.4 is 5.73 Å². The van der Waals surface area contributed by atoms with Gasteiger partial charge in [-0.15, -0.1) is 0 Å². The molecule has 1 aromatic heterocycles. The van der Waals surface area contributed by atoms with E-state index in [1.165, 1.54) is 24.3 Å². The molecule has 0 spiro atoms. The number of carbonyl (C=O) groups excluding carboxylic acids is 1. The number of esters is 1. The summed E-state index contributed by atoms with van der Waals surface area (Å²) in [6, 6.07) is 5.82. The molecule has 4 nitrogen and oxygen atoms in total. The minimum absolute atomic E-state index is 0.0918. The fourth-order valence-corrected chi connectivity index (χ4v) is 2.01. The van der Waals surface area contributed by atoms with Gasteiger partial charge in [0.05, 0.1) is 6.61 Å². The first-order valence-corrected chi connectivity index (χ1v) is 5.94. The van der Waals surface area contributed by atoms with Crippen LogP contribution in [0.25, 0.3) is 10.9 Å². The van der Waals surface area contributed by atoms with Crippen molar-refractivity contribution < 1.29 is 22.7 Å². The van der Waals surface area contributed by atoms with Crippen LogP contribution >= 0.6 is 0 Å². The van der Waals surface area contributed by atoms with Crippen molar-refractivity contribution in [3.8, 4) is 0 Å². The van der Waals surface area contributed by atoms with Crippen molar-refractivity contribution in [3.05, 3.63) is 30.0 Å². The van der Waals surface area contributed by atoms with Gasteiger partial charge in [0.25, 0.3) is 0 Å². The number of nitrogen functional groups attached to an aromatic ring is 1. The molecule has 0 atom stereocenters. The van der Waals surface area contributed by atoms with Gasteiger partial charge in [0, 0.05) is 16.6 Å². The molecule has 0 fully saturated rings. The molecule has 1 heterocycles. The van der Waals surface area contributed by atoms with Gasteiger partial charge in [-0.2, -0.15) is 13.2 Å². The van der Waals surface area contributed by atoms with Crippen LogP contribution in [0.2, 0.25) is 0 Å². The standard InChI is InChI=1S/C13H13F3N2O2/c1-2-20-12(19)11-6-8-5-9(17)3-4-10(8)18(11)7-13(14,15)16/h3-6H,2,7,17H2,1H3. The first kappa shape index (κ1) is 14.2. The van der Waals surface area contributed by atoms with Crippen molar-refractivity contribution in [2.45, 2.75) is 19.6 Å². The van der Waals surface area contributed by atoms with Crippen LogP contribution in [0.1, 0.15) is 17.4 Å². The maximum atomic E-state index is 12.7. The number of rotatable bonds is 3. The van der Waals surface area contributed by atoms with Crippen molar-refractivity contribution >= 4 is 22.6 Å². The fraction of sp³-hybridized carbons (Fsp3) is 0.308. The number of ether oxygens (including phenoxy) is 1. The molecule has 0 bridgehead atoms. The Balaban J connectivity index is 2.59. The van der Waals surface area contributed by atoms with Crippen LogP contribution in [0.3, 0.4) is 0 Å². The molecule has 7 heteroatoms. The van der Waals surface area contributed by atoms with E-state index < -0.39 is 18.7 Å². The zero-order chi connectivity index (χ0) is 14.9. The molecule has 2 rings (SSSR count). The number of alkyl halides is 3. The van der Waals surface area contributed by atoms with Crippen molar-refractivity contribution in [2.75, 3.05) is 12.3 Å². The summed E-state index contributed by atoms with van der Waals surface area (Å²) >= 11 is 0. The molecule has 0 aliphatic heterocycles. The van der Waals surface area contributed by atoms with E-state index in [0.717, 1.165) is 4.57 Å². The molecular weight excluding hydrogens is 273 g/mol. The quantitative estimate of drug-likeness (QED) is 0.697. The van der Waals surface area contributed by atoms with Crippen LogP contribution in [0.5, 0.6) is 0 Å². The SMILES string of the molecule is CCOC(=O)c1cc2cc(N)ccc2n1CC(F)(F)F. The summed E-state index contributed by atoms with van der Waals surface area (Å²) < 4.78 is 43.7. The highest BCUT2D eigenvalue weighted by atomic mass is 19.4. The third kappa shape index (κ3) is 2.87. The Morgan fingerprint density at radius 1 is 1.35 bits per heavy atom. The first-order valence-electron chi connectivity index (χ1n) is 5.94. The summed E-state index contributed by atoms with van der Waals surface area (Å²) in [4.78, 5) is 11.8. The molecule has 0 saturated carbocycles. The summed E-state index contributed by atoms with van der Waals surface area (Å²) in [5.41, 5.74) is 6.17. The highest BCUT2D eigenvalue weighted by molar-refractivity contribution is 5.96. The lowest BCUT2D eigenvalue weighted by molar-refractivity contribution is -0.140. The number of halogens is 3. The van der Waals surface area contributed by atoms with Crippen LogP contribution in [0.4, 0.5) is 18.9 Å². The number of carbonyl (C=O) groups is 1. The lowest BCUT2D eigenvalue weighted by atomic mass is 10.2. The van der Waals surface area contributed by atoms with Gasteiger partial charge in [-0.3, -0.25) is 0 Å². The van der Waals surface area contributed by atoms with Crippen LogP contribution in [0.15, 0.2) is 24.3 Å². The smallest absolute Gasteiger partial charge is 0.406 e. The first-order chi connectivity index (χ1) is 9.31. The van der Waals surface area contributed by atoms with E-state index in [0.29, 0.717) is 16.6 Å². The van der Waals surface area contributed by atoms with E-state index in [2.05, 4.69) is 0 Å². The monoisotopic (exact) mass is 286 g/mol. The summed E-state index contributed by atoms with van der Waals surface area (Å²) in [7, 11) is 0. The predicted octanol–water partition coefficient (Wildman–Crippen LogP) is 2.96. The number of anilines is 1. The molecule has 0 aliphatic rings. The van der Waals surface area contributed by atoms with Crippen LogP contribution in [-0.2, 0) is 11.3 Å². The molecule has 0 unspecified atom stereocenters. The van der Waals surface area contributed by atoms with Gasteiger partial charge in [-0.25, -0.2) is 4.79 Å². The lowest BCUT2D eigenvalue weighted by Crippen LogP contribution is -2.21. The average Bonchev–Trinajstić information content (AvgIpc) is 2.65. The van der Waals surface area contributed by atoms with E-state index in [-0.39, 0.29) is 12.3 Å². The number of hydrogen-bond donors (Lipinski definition) is 1. The van der Waals surface area contributed by atoms with E-state index in [4.69, 9.17) is 10.5 Å². The van der Waals surface area contributed by atoms with Gasteiger partial charge in [0.2, 0.25) is 0 Å². The molecule has 2 N–H and O–H groups in total. The van der Waals surface area contributed by atoms with Crippen molar-refractivity contribution in [1.29, 1.82) is 0 Å². The van der Waals surface area contributed by atoms with Gasteiger partial charge in [-0.1, -0.05) is 0 Å². The molecule has 0 saturated heterocycles. The summed E-state index contributed by atoms with van der Waals surface area (Å²) in [5.74, 6) is -0.786. The zero-order valence-corrected chi connectivity index (χ0v) is 10.7. The molecule has 2 aromatic rings. The third-order valence-electron chi connectivity index (χ3n) is 2.75. The second kappa shape index (κ2) is 5.07. The second-order valence-electron chi connectivity index (χ2n) is 4.27. The fourth-order valence-electron chi connectivity index (χ4n) is 2.01. The number of nitrogens with zero attached hydrogens (tertiary/aromatic N) is 1. The van der Waals surface area contributed by atoms with Crippen molar-refractivity contribution in [1.82, 2.24) is 4.57 Å². The Kier molecular flexibility index (Phi) is 3.61. The van der Waals surface area contributed by atoms with Gasteiger partial charge < -0.3 is 15.0 Å². The Bertz CT molecular complexity index is 647. The van der Waals surface area contributed by atoms with Crippen molar-refractivity contribution in [3.63, 3.8) is 0 Å². The Labute approximate surface area is 112 Å². The van der Waals surface area contributed by atoms with Gasteiger partial charge in [-0.05, 0) is 31.2 Å². The Morgan fingerprint density at radius 2 is 2.05 bits per heavy atom. The lowest BCUT2D eigenvalue weighted by Gasteiger charge is -2.12. The van der Waals surface area contributed by atoms with Crippen molar-refractivity contribution in [2.24, 2.45) is 0 Å². The van der Waals surface area contributed by atoms with Gasteiger partial charge >= 0.3 is 12.1 Å². The average molecular weight is 286 g/mol. The number of fused-ring (bicyclic) bond motifs is 1. The molecule has 0 aliphatic carbocycles. The van der Waals surface area contributed by atoms with Gasteiger partial charge in [0.15, 0.2) is 0 Å². The molecular formula is C13H13F3N2O2. The molecule has 20 heavy (non-hydrogen) atoms. The minimum atomic E-state index is -4.44. The number of hydrogen-bond acceptors (Lipinski definition) is 3. The summed E-state index contributed by atoms with van der Waals surface area (Å²) in [5, 5.41) is 0.470. The normalized spacial score (nSPS) is 11.8. The third-order valence-corrected chi connectivity index (χ3v) is 2.75. The molecule has 108 valence electrons. The van der Waals surface area contributed by atoms with Crippen LogP contribution in [0, 0.1) is 0 Å². The van der Waals surface area contributed by atoms with E-state index in [1.54, 1.807) is 6.92 Å². The van der Waals surface area contributed by atoms with Gasteiger partial charge in [0.1, 0.15) is 12.2 Å². The Hall–Kier alpha value is -2.18. The van der Waals surface area contributed by atoms with E-state index >= 15 is 0 Å². The number of aromatic nitrogens is 1. The molecule has 0 radical (unpaired) electrons. The molecule has 0 amide bonds. The topological polar surface area (TPSA) is 57.2 Å². The largest absolute Gasteiger partial charge is 0.461 e. The zero-order valence-electron chi connectivity index (χ0n) is 10.7. The highest BCUT2D eigenvalue weighted by Crippen LogP contribution is 2.27. The maximum Gasteiger partial charge on any atom is 0.406 e. The number of benzene rings is 1. The van der Waals surface area contributed by atoms with Crippen LogP contribution in [-0.4, -0.2) is 23.3 Å². The predicted molar refractivity (Wildman–Crippen MR) is 68.4 cm³/mol. The van der Waals surface area contributed by atoms with E-state index in [9.17, 15) is 18.0 Å². The molecule has 1 aromatic carbocycles. The van der Waals surface area contributed by atoms with E-state index in [1.807, 2.05) is 0 Å².